The minimum Gasteiger partial charge on any atom is -0.485 e. The second-order valence-corrected chi connectivity index (χ2v) is 7.49. The number of para-hydroxylation sites is 1. The number of hydrogen-bond acceptors (Lipinski definition) is 1. The molecule has 4 fully saturated rings. The van der Waals surface area contributed by atoms with Crippen LogP contribution in [0, 0.1) is 29.6 Å². The lowest BCUT2D eigenvalue weighted by Crippen LogP contribution is -2.50. The minimum absolute atomic E-state index is 0.333. The third kappa shape index (κ3) is 1.62. The summed E-state index contributed by atoms with van der Waals surface area (Å²) in [4.78, 5) is 0. The van der Waals surface area contributed by atoms with Crippen LogP contribution >= 0.6 is 0 Å². The van der Waals surface area contributed by atoms with Gasteiger partial charge in [0, 0.05) is 11.5 Å². The lowest BCUT2D eigenvalue weighted by molar-refractivity contribution is -0.0705. The van der Waals surface area contributed by atoms with Gasteiger partial charge in [-0.15, -0.1) is 0 Å². The summed E-state index contributed by atoms with van der Waals surface area (Å²) in [5.41, 5.74) is 1.24. The van der Waals surface area contributed by atoms with E-state index in [9.17, 15) is 0 Å². The van der Waals surface area contributed by atoms with E-state index in [1.54, 1.807) is 0 Å². The molecule has 1 atom stereocenters. The summed E-state index contributed by atoms with van der Waals surface area (Å²) in [7, 11) is 0. The fourth-order valence-electron chi connectivity index (χ4n) is 5.82. The van der Waals surface area contributed by atoms with Crippen LogP contribution < -0.4 is 4.74 Å². The van der Waals surface area contributed by atoms with Gasteiger partial charge in [-0.2, -0.15) is 0 Å². The van der Waals surface area contributed by atoms with E-state index in [-0.39, 0.29) is 0 Å². The van der Waals surface area contributed by atoms with Crippen LogP contribution in [0.15, 0.2) is 30.3 Å². The Kier molecular flexibility index (Phi) is 2.36. The Morgan fingerprint density at radius 2 is 1.55 bits per heavy atom. The second kappa shape index (κ2) is 4.13. The van der Waals surface area contributed by atoms with Crippen LogP contribution in [0.2, 0.25) is 0 Å². The van der Waals surface area contributed by atoms with Crippen molar-refractivity contribution in [1.82, 2.24) is 0 Å². The molecule has 4 aliphatic carbocycles. The molecule has 1 heteroatoms. The summed E-state index contributed by atoms with van der Waals surface area (Å²) in [5, 5.41) is 0. The third-order valence-electron chi connectivity index (χ3n) is 6.33. The first-order valence-electron chi connectivity index (χ1n) is 8.31. The van der Waals surface area contributed by atoms with Crippen LogP contribution in [-0.2, 0) is 0 Å². The van der Waals surface area contributed by atoms with Gasteiger partial charge < -0.3 is 4.74 Å². The van der Waals surface area contributed by atoms with Gasteiger partial charge in [0.15, 0.2) is 0 Å². The fraction of sp³-hybridized carbons (Fsp3) is 0.579. The first kappa shape index (κ1) is 11.4. The summed E-state index contributed by atoms with van der Waals surface area (Å²) in [6.07, 6.45) is 12.4. The van der Waals surface area contributed by atoms with Crippen LogP contribution in [0.25, 0.3) is 6.08 Å². The molecule has 0 spiro atoms. The molecule has 4 saturated carbocycles. The molecular formula is C19H22O. The predicted molar refractivity (Wildman–Crippen MR) is 80.4 cm³/mol. The van der Waals surface area contributed by atoms with Crippen molar-refractivity contribution in [1.29, 1.82) is 0 Å². The monoisotopic (exact) mass is 266 g/mol. The molecule has 4 bridgehead atoms. The first-order chi connectivity index (χ1) is 9.87. The Balaban J connectivity index is 1.45. The molecule has 0 aromatic heterocycles. The van der Waals surface area contributed by atoms with Crippen molar-refractivity contribution in [2.24, 2.45) is 29.6 Å². The van der Waals surface area contributed by atoms with Crippen LogP contribution in [0.4, 0.5) is 0 Å². The van der Waals surface area contributed by atoms with Gasteiger partial charge in [0.1, 0.15) is 11.9 Å². The van der Waals surface area contributed by atoms with Gasteiger partial charge in [-0.3, -0.25) is 0 Å². The van der Waals surface area contributed by atoms with E-state index >= 15 is 0 Å². The average molecular weight is 266 g/mol. The highest BCUT2D eigenvalue weighted by Crippen LogP contribution is 2.58. The summed E-state index contributed by atoms with van der Waals surface area (Å²) in [6.45, 7) is 0. The largest absolute Gasteiger partial charge is 0.485 e. The Labute approximate surface area is 121 Å². The van der Waals surface area contributed by atoms with Gasteiger partial charge in [0.25, 0.3) is 0 Å². The normalized spacial score (nSPS) is 44.2. The molecule has 1 nitrogen and oxygen atoms in total. The van der Waals surface area contributed by atoms with E-state index in [1.807, 2.05) is 0 Å². The number of fused-ring (bicyclic) bond motifs is 1. The zero-order chi connectivity index (χ0) is 13.1. The molecule has 1 aliphatic heterocycles. The lowest BCUT2D eigenvalue weighted by atomic mass is 9.51. The molecule has 1 aromatic carbocycles. The molecule has 0 amide bonds. The van der Waals surface area contributed by atoms with Crippen LogP contribution in [0.3, 0.4) is 0 Å². The Morgan fingerprint density at radius 1 is 0.850 bits per heavy atom. The standard InChI is InChI=1S/C19H22O/c1-2-4-17-14(3-1)5-6-18(20-17)19-15-8-12-7-13(10-15)11-16(19)9-12/h1-6,12-13,15-16,18-19H,7-11H2. The van der Waals surface area contributed by atoms with Gasteiger partial charge in [-0.05, 0) is 67.9 Å². The predicted octanol–water partition coefficient (Wildman–Crippen LogP) is 4.53. The maximum absolute atomic E-state index is 6.37. The van der Waals surface area contributed by atoms with Crippen molar-refractivity contribution in [3.63, 3.8) is 0 Å². The van der Waals surface area contributed by atoms with Crippen molar-refractivity contribution in [2.45, 2.75) is 38.2 Å². The van der Waals surface area contributed by atoms with Gasteiger partial charge in [-0.1, -0.05) is 24.3 Å². The lowest BCUT2D eigenvalue weighted by Gasteiger charge is -2.56. The van der Waals surface area contributed by atoms with Crippen LogP contribution in [-0.4, -0.2) is 6.10 Å². The zero-order valence-corrected chi connectivity index (χ0v) is 11.9. The summed E-state index contributed by atoms with van der Waals surface area (Å²) >= 11 is 0. The van der Waals surface area contributed by atoms with Crippen molar-refractivity contribution in [3.05, 3.63) is 35.9 Å². The molecule has 6 rings (SSSR count). The average Bonchev–Trinajstić information content (AvgIpc) is 2.46. The number of rotatable bonds is 1. The molecule has 20 heavy (non-hydrogen) atoms. The van der Waals surface area contributed by atoms with E-state index in [0.717, 1.165) is 35.3 Å². The molecule has 5 aliphatic rings. The molecule has 1 aromatic rings. The van der Waals surface area contributed by atoms with Crippen molar-refractivity contribution >= 4 is 6.08 Å². The quantitative estimate of drug-likeness (QED) is 0.725. The zero-order valence-electron chi connectivity index (χ0n) is 11.9. The van der Waals surface area contributed by atoms with Gasteiger partial charge in [-0.25, -0.2) is 0 Å². The fourth-order valence-corrected chi connectivity index (χ4v) is 5.82. The minimum atomic E-state index is 0.333. The summed E-state index contributed by atoms with van der Waals surface area (Å²) < 4.78 is 6.37. The van der Waals surface area contributed by atoms with Gasteiger partial charge in [0.05, 0.1) is 0 Å². The molecular weight excluding hydrogens is 244 g/mol. The maximum atomic E-state index is 6.37. The molecule has 104 valence electrons. The molecule has 1 unspecified atom stereocenters. The Hall–Kier alpha value is -1.24. The second-order valence-electron chi connectivity index (χ2n) is 7.49. The molecule has 0 saturated heterocycles. The molecule has 0 radical (unpaired) electrons. The van der Waals surface area contributed by atoms with E-state index < -0.39 is 0 Å². The van der Waals surface area contributed by atoms with Gasteiger partial charge >= 0.3 is 0 Å². The summed E-state index contributed by atoms with van der Waals surface area (Å²) in [5.74, 6) is 5.85. The number of benzene rings is 1. The Bertz CT molecular complexity index is 531. The SMILES string of the molecule is C1=CC(C2C3CC4CC(C3)CC2C4)Oc2ccccc21. The molecule has 0 N–H and O–H groups in total. The highest BCUT2D eigenvalue weighted by molar-refractivity contribution is 5.59. The smallest absolute Gasteiger partial charge is 0.127 e. The van der Waals surface area contributed by atoms with Crippen molar-refractivity contribution in [3.8, 4) is 5.75 Å². The first-order valence-corrected chi connectivity index (χ1v) is 8.31. The topological polar surface area (TPSA) is 9.23 Å². The Morgan fingerprint density at radius 3 is 2.30 bits per heavy atom. The van der Waals surface area contributed by atoms with Crippen LogP contribution in [0.5, 0.6) is 5.75 Å². The van der Waals surface area contributed by atoms with E-state index in [4.69, 9.17) is 4.74 Å². The number of hydrogen-bond donors (Lipinski definition) is 0. The van der Waals surface area contributed by atoms with Crippen LogP contribution in [0.1, 0.15) is 37.7 Å². The van der Waals surface area contributed by atoms with Crippen molar-refractivity contribution in [2.75, 3.05) is 0 Å². The van der Waals surface area contributed by atoms with E-state index in [0.29, 0.717) is 6.10 Å². The van der Waals surface area contributed by atoms with Gasteiger partial charge in [0.2, 0.25) is 0 Å². The maximum Gasteiger partial charge on any atom is 0.127 e. The highest BCUT2D eigenvalue weighted by Gasteiger charge is 2.51. The van der Waals surface area contributed by atoms with E-state index in [1.165, 1.54) is 37.7 Å². The third-order valence-corrected chi connectivity index (χ3v) is 6.33. The van der Waals surface area contributed by atoms with E-state index in [2.05, 4.69) is 36.4 Å². The highest BCUT2D eigenvalue weighted by atomic mass is 16.5. The summed E-state index contributed by atoms with van der Waals surface area (Å²) in [6, 6.07) is 8.46. The molecule has 1 heterocycles. The number of ether oxygens (including phenoxy) is 1. The van der Waals surface area contributed by atoms with Crippen molar-refractivity contribution < 1.29 is 4.74 Å².